The quantitative estimate of drug-likeness (QED) is 0.714. The van der Waals surface area contributed by atoms with E-state index in [-0.39, 0.29) is 24.0 Å². The SMILES string of the molecule is O=C(Nc1ccccc1O)c1ncn2c1COc1ccccc1-2. The molecular weight excluding hydrogens is 294 g/mol. The monoisotopic (exact) mass is 307 g/mol. The first kappa shape index (κ1) is 13.4. The van der Waals surface area contributed by atoms with E-state index in [1.807, 2.05) is 28.8 Å². The van der Waals surface area contributed by atoms with Gasteiger partial charge in [-0.25, -0.2) is 4.98 Å². The van der Waals surface area contributed by atoms with Crippen molar-refractivity contribution in [2.45, 2.75) is 6.61 Å². The number of fused-ring (bicyclic) bond motifs is 3. The number of para-hydroxylation sites is 4. The molecule has 2 aromatic carbocycles. The highest BCUT2D eigenvalue weighted by Gasteiger charge is 2.24. The van der Waals surface area contributed by atoms with E-state index in [0.717, 1.165) is 11.4 Å². The van der Waals surface area contributed by atoms with Gasteiger partial charge in [0.2, 0.25) is 0 Å². The molecule has 1 amide bonds. The zero-order chi connectivity index (χ0) is 15.8. The molecule has 0 saturated heterocycles. The Kier molecular flexibility index (Phi) is 3.01. The molecule has 0 bridgehead atoms. The number of anilines is 1. The van der Waals surface area contributed by atoms with Crippen LogP contribution in [0.4, 0.5) is 5.69 Å². The van der Waals surface area contributed by atoms with Gasteiger partial charge in [0.1, 0.15) is 24.4 Å². The number of hydrogen-bond acceptors (Lipinski definition) is 4. The Balaban J connectivity index is 1.69. The fourth-order valence-electron chi connectivity index (χ4n) is 2.59. The first-order valence-corrected chi connectivity index (χ1v) is 7.12. The molecule has 1 aliphatic heterocycles. The van der Waals surface area contributed by atoms with E-state index in [1.54, 1.807) is 24.5 Å². The number of rotatable bonds is 2. The fraction of sp³-hybridized carbons (Fsp3) is 0.0588. The summed E-state index contributed by atoms with van der Waals surface area (Å²) in [6, 6.07) is 14.1. The minimum atomic E-state index is -0.386. The fourth-order valence-corrected chi connectivity index (χ4v) is 2.59. The number of carbonyl (C=O) groups is 1. The number of carbonyl (C=O) groups excluding carboxylic acids is 1. The summed E-state index contributed by atoms with van der Waals surface area (Å²) in [5.41, 5.74) is 2.15. The second-order valence-electron chi connectivity index (χ2n) is 5.14. The molecule has 0 atom stereocenters. The van der Waals surface area contributed by atoms with Crippen molar-refractivity contribution in [3.8, 4) is 17.2 Å². The lowest BCUT2D eigenvalue weighted by molar-refractivity contribution is 0.101. The molecule has 3 aromatic rings. The summed E-state index contributed by atoms with van der Waals surface area (Å²) in [6.07, 6.45) is 1.61. The number of nitrogens with one attached hydrogen (secondary N) is 1. The van der Waals surface area contributed by atoms with Gasteiger partial charge in [-0.05, 0) is 24.3 Å². The van der Waals surface area contributed by atoms with Crippen LogP contribution >= 0.6 is 0 Å². The number of nitrogens with zero attached hydrogens (tertiary/aromatic N) is 2. The lowest BCUT2D eigenvalue weighted by Crippen LogP contribution is -2.19. The number of hydrogen-bond donors (Lipinski definition) is 2. The maximum atomic E-state index is 12.5. The smallest absolute Gasteiger partial charge is 0.276 e. The molecule has 2 heterocycles. The average Bonchev–Trinajstić information content (AvgIpc) is 3.01. The van der Waals surface area contributed by atoms with Crippen molar-refractivity contribution in [3.05, 3.63) is 66.2 Å². The third-order valence-electron chi connectivity index (χ3n) is 3.72. The topological polar surface area (TPSA) is 76.4 Å². The molecule has 114 valence electrons. The number of phenols is 1. The van der Waals surface area contributed by atoms with Crippen LogP contribution in [0.3, 0.4) is 0 Å². The van der Waals surface area contributed by atoms with E-state index in [9.17, 15) is 9.90 Å². The van der Waals surface area contributed by atoms with Crippen LogP contribution < -0.4 is 10.1 Å². The minimum Gasteiger partial charge on any atom is -0.506 e. The third-order valence-corrected chi connectivity index (χ3v) is 3.72. The molecule has 0 aliphatic carbocycles. The second kappa shape index (κ2) is 5.17. The highest BCUT2D eigenvalue weighted by atomic mass is 16.5. The molecule has 0 spiro atoms. The van der Waals surface area contributed by atoms with Crippen molar-refractivity contribution in [2.75, 3.05) is 5.32 Å². The van der Waals surface area contributed by atoms with Gasteiger partial charge in [0.05, 0.1) is 17.1 Å². The molecule has 6 nitrogen and oxygen atoms in total. The summed E-state index contributed by atoms with van der Waals surface area (Å²) in [4.78, 5) is 16.7. The molecule has 0 fully saturated rings. The highest BCUT2D eigenvalue weighted by molar-refractivity contribution is 6.04. The predicted molar refractivity (Wildman–Crippen MR) is 84.0 cm³/mol. The van der Waals surface area contributed by atoms with Gasteiger partial charge in [-0.1, -0.05) is 24.3 Å². The Hall–Kier alpha value is -3.28. The summed E-state index contributed by atoms with van der Waals surface area (Å²) < 4.78 is 7.53. The summed E-state index contributed by atoms with van der Waals surface area (Å²) >= 11 is 0. The Morgan fingerprint density at radius 1 is 1.17 bits per heavy atom. The number of ether oxygens (including phenoxy) is 1. The van der Waals surface area contributed by atoms with Gasteiger partial charge in [0.25, 0.3) is 5.91 Å². The van der Waals surface area contributed by atoms with Crippen LogP contribution in [-0.2, 0) is 6.61 Å². The lowest BCUT2D eigenvalue weighted by atomic mass is 10.2. The molecule has 1 aliphatic rings. The van der Waals surface area contributed by atoms with Crippen LogP contribution in [-0.4, -0.2) is 20.6 Å². The van der Waals surface area contributed by atoms with E-state index in [4.69, 9.17) is 4.74 Å². The average molecular weight is 307 g/mol. The van der Waals surface area contributed by atoms with Gasteiger partial charge in [-0.2, -0.15) is 0 Å². The summed E-state index contributed by atoms with van der Waals surface area (Å²) in [5.74, 6) is 0.379. The third kappa shape index (κ3) is 2.20. The van der Waals surface area contributed by atoms with Crippen molar-refractivity contribution in [1.82, 2.24) is 9.55 Å². The number of aromatic nitrogens is 2. The molecule has 6 heteroatoms. The number of benzene rings is 2. The van der Waals surface area contributed by atoms with Crippen molar-refractivity contribution in [1.29, 1.82) is 0 Å². The number of imidazole rings is 1. The van der Waals surface area contributed by atoms with E-state index >= 15 is 0 Å². The minimum absolute atomic E-state index is 0.00974. The first-order chi connectivity index (χ1) is 11.2. The van der Waals surface area contributed by atoms with Crippen LogP contribution in [0.25, 0.3) is 5.69 Å². The largest absolute Gasteiger partial charge is 0.506 e. The van der Waals surface area contributed by atoms with Crippen molar-refractivity contribution in [3.63, 3.8) is 0 Å². The summed E-state index contributed by atoms with van der Waals surface area (Å²) in [6.45, 7) is 0.264. The standard InChI is InChI=1S/C17H13N3O3/c21-14-7-3-1-5-11(14)19-17(22)16-13-9-23-15-8-4-2-6-12(15)20(13)10-18-16/h1-8,10,21H,9H2,(H,19,22). The highest BCUT2D eigenvalue weighted by Crippen LogP contribution is 2.31. The Morgan fingerprint density at radius 3 is 2.83 bits per heavy atom. The zero-order valence-electron chi connectivity index (χ0n) is 12.1. The molecule has 23 heavy (non-hydrogen) atoms. The van der Waals surface area contributed by atoms with Gasteiger partial charge < -0.3 is 15.2 Å². The van der Waals surface area contributed by atoms with Crippen LogP contribution in [0.1, 0.15) is 16.2 Å². The van der Waals surface area contributed by atoms with Gasteiger partial charge in [-0.3, -0.25) is 9.36 Å². The van der Waals surface area contributed by atoms with E-state index in [0.29, 0.717) is 11.4 Å². The molecule has 0 unspecified atom stereocenters. The van der Waals surface area contributed by atoms with Crippen LogP contribution in [0, 0.1) is 0 Å². The first-order valence-electron chi connectivity index (χ1n) is 7.12. The van der Waals surface area contributed by atoms with Crippen LogP contribution in [0.15, 0.2) is 54.9 Å². The number of phenolic OH excluding ortho intramolecular Hbond substituents is 1. The zero-order valence-corrected chi connectivity index (χ0v) is 12.1. The van der Waals surface area contributed by atoms with Gasteiger partial charge >= 0.3 is 0 Å². The van der Waals surface area contributed by atoms with Crippen LogP contribution in [0.2, 0.25) is 0 Å². The summed E-state index contributed by atoms with van der Waals surface area (Å²) in [5, 5.41) is 12.4. The molecule has 0 radical (unpaired) electrons. The van der Waals surface area contributed by atoms with E-state index in [1.165, 1.54) is 6.07 Å². The molecule has 1 aromatic heterocycles. The lowest BCUT2D eigenvalue weighted by Gasteiger charge is -2.20. The summed E-state index contributed by atoms with van der Waals surface area (Å²) in [7, 11) is 0. The molecular formula is C17H13N3O3. The Bertz CT molecular complexity index is 902. The van der Waals surface area contributed by atoms with Crippen molar-refractivity contribution in [2.24, 2.45) is 0 Å². The van der Waals surface area contributed by atoms with Gasteiger partial charge in [0.15, 0.2) is 5.69 Å². The van der Waals surface area contributed by atoms with E-state index < -0.39 is 0 Å². The second-order valence-corrected chi connectivity index (χ2v) is 5.14. The number of aromatic hydroxyl groups is 1. The number of amides is 1. The van der Waals surface area contributed by atoms with E-state index in [2.05, 4.69) is 10.3 Å². The van der Waals surface area contributed by atoms with Gasteiger partial charge in [-0.15, -0.1) is 0 Å². The van der Waals surface area contributed by atoms with Crippen LogP contribution in [0.5, 0.6) is 11.5 Å². The molecule has 4 rings (SSSR count). The molecule has 2 N–H and O–H groups in total. The van der Waals surface area contributed by atoms with Crippen molar-refractivity contribution >= 4 is 11.6 Å². The maximum Gasteiger partial charge on any atom is 0.276 e. The Morgan fingerprint density at radius 2 is 1.96 bits per heavy atom. The Labute approximate surface area is 132 Å². The molecule has 0 saturated carbocycles. The normalized spacial score (nSPS) is 12.0. The predicted octanol–water partition coefficient (Wildman–Crippen LogP) is 2.72. The maximum absolute atomic E-state index is 12.5. The van der Waals surface area contributed by atoms with Crippen molar-refractivity contribution < 1.29 is 14.6 Å². The van der Waals surface area contributed by atoms with Gasteiger partial charge in [0, 0.05) is 0 Å².